The quantitative estimate of drug-likeness (QED) is 0.851. The molecule has 0 radical (unpaired) electrons. The molecule has 2 rings (SSSR count). The Morgan fingerprint density at radius 1 is 1.55 bits per heavy atom. The van der Waals surface area contributed by atoms with Gasteiger partial charge in [-0.2, -0.15) is 0 Å². The Morgan fingerprint density at radius 2 is 2.35 bits per heavy atom. The smallest absolute Gasteiger partial charge is 0.244 e. The molecule has 2 N–H and O–H groups in total. The normalized spacial score (nSPS) is 12.6. The van der Waals surface area contributed by atoms with Crippen molar-refractivity contribution in [1.82, 2.24) is 15.3 Å². The summed E-state index contributed by atoms with van der Waals surface area (Å²) < 4.78 is 13.5. The van der Waals surface area contributed by atoms with Crippen LogP contribution in [-0.4, -0.2) is 15.9 Å². The molecule has 0 saturated carbocycles. The molecule has 1 amide bonds. The van der Waals surface area contributed by atoms with Crippen LogP contribution >= 0.6 is 11.6 Å². The Morgan fingerprint density at radius 3 is 3.00 bits per heavy atom. The van der Waals surface area contributed by atoms with Gasteiger partial charge in [-0.05, 0) is 25.1 Å². The molecule has 0 spiro atoms. The molecule has 0 aliphatic heterocycles. The second-order valence-electron chi connectivity index (χ2n) is 4.17. The highest BCUT2D eigenvalue weighted by Gasteiger charge is 2.09. The summed E-state index contributed by atoms with van der Waals surface area (Å²) in [5, 5.41) is 2.96. The lowest BCUT2D eigenvalue weighted by molar-refractivity contribution is -0.117. The molecule has 0 fully saturated rings. The van der Waals surface area contributed by atoms with Crippen LogP contribution in [0.25, 0.3) is 6.08 Å². The van der Waals surface area contributed by atoms with Gasteiger partial charge in [-0.25, -0.2) is 9.37 Å². The van der Waals surface area contributed by atoms with Gasteiger partial charge >= 0.3 is 0 Å². The van der Waals surface area contributed by atoms with Gasteiger partial charge in [0.05, 0.1) is 11.1 Å². The molecule has 0 bridgehead atoms. The monoisotopic (exact) mass is 293 g/mol. The van der Waals surface area contributed by atoms with Crippen molar-refractivity contribution in [2.75, 3.05) is 0 Å². The van der Waals surface area contributed by atoms with Crippen LogP contribution in [0.2, 0.25) is 5.02 Å². The van der Waals surface area contributed by atoms with Crippen molar-refractivity contribution in [2.45, 2.75) is 13.0 Å². The second-order valence-corrected chi connectivity index (χ2v) is 4.58. The van der Waals surface area contributed by atoms with E-state index >= 15 is 0 Å². The number of nitrogens with one attached hydrogen (secondary N) is 2. The van der Waals surface area contributed by atoms with E-state index in [1.165, 1.54) is 24.3 Å². The number of aromatic amines is 1. The molecular weight excluding hydrogens is 281 g/mol. The number of hydrogen-bond acceptors (Lipinski definition) is 2. The summed E-state index contributed by atoms with van der Waals surface area (Å²) in [5.41, 5.74) is 0.190. The minimum Gasteiger partial charge on any atom is -0.347 e. The number of carbonyl (C=O) groups is 1. The minimum absolute atomic E-state index is 0.190. The molecule has 20 heavy (non-hydrogen) atoms. The van der Waals surface area contributed by atoms with Crippen LogP contribution in [0.1, 0.15) is 24.4 Å². The maximum absolute atomic E-state index is 13.5. The first-order valence-corrected chi connectivity index (χ1v) is 6.37. The number of halogens is 2. The first-order valence-electron chi connectivity index (χ1n) is 6.00. The lowest BCUT2D eigenvalue weighted by Gasteiger charge is -2.09. The molecule has 0 aliphatic carbocycles. The van der Waals surface area contributed by atoms with E-state index in [1.807, 2.05) is 0 Å². The van der Waals surface area contributed by atoms with Gasteiger partial charge < -0.3 is 10.3 Å². The Kier molecular flexibility index (Phi) is 4.53. The fraction of sp³-hybridized carbons (Fsp3) is 0.143. The van der Waals surface area contributed by atoms with Crippen LogP contribution in [0.4, 0.5) is 4.39 Å². The van der Waals surface area contributed by atoms with E-state index in [1.54, 1.807) is 25.4 Å². The molecule has 6 heteroatoms. The molecule has 1 aromatic heterocycles. The lowest BCUT2D eigenvalue weighted by atomic mass is 10.2. The zero-order valence-electron chi connectivity index (χ0n) is 10.7. The standard InChI is InChI=1S/C14H13ClFN3O/c1-9(14-17-7-8-18-14)19-13(20)6-5-10-11(15)3-2-4-12(10)16/h2-9H,1H3,(H,17,18)(H,19,20)/b6-5+. The first-order chi connectivity index (χ1) is 9.58. The summed E-state index contributed by atoms with van der Waals surface area (Å²) in [6, 6.07) is 4.09. The SMILES string of the molecule is CC(NC(=O)/C=C/c1c(F)cccc1Cl)c1ncc[nH]1. The number of hydrogen-bond donors (Lipinski definition) is 2. The van der Waals surface area contributed by atoms with Gasteiger partial charge in [-0.3, -0.25) is 4.79 Å². The fourth-order valence-electron chi connectivity index (χ4n) is 1.67. The molecule has 104 valence electrons. The zero-order chi connectivity index (χ0) is 14.5. The van der Waals surface area contributed by atoms with E-state index in [0.29, 0.717) is 5.82 Å². The van der Waals surface area contributed by atoms with Gasteiger partial charge in [0.2, 0.25) is 5.91 Å². The number of benzene rings is 1. The Hall–Kier alpha value is -2.14. The zero-order valence-corrected chi connectivity index (χ0v) is 11.5. The lowest BCUT2D eigenvalue weighted by Crippen LogP contribution is -2.25. The first kappa shape index (κ1) is 14.3. The Labute approximate surface area is 120 Å². The van der Waals surface area contributed by atoms with Crippen LogP contribution in [0.3, 0.4) is 0 Å². The third-order valence-corrected chi connectivity index (χ3v) is 3.02. The summed E-state index contributed by atoms with van der Waals surface area (Å²) in [6.07, 6.45) is 5.87. The molecule has 1 unspecified atom stereocenters. The maximum atomic E-state index is 13.5. The maximum Gasteiger partial charge on any atom is 0.244 e. The van der Waals surface area contributed by atoms with Gasteiger partial charge in [0.1, 0.15) is 11.6 Å². The number of H-pyrrole nitrogens is 1. The number of carbonyl (C=O) groups excluding carboxylic acids is 1. The molecule has 2 aromatic rings. The summed E-state index contributed by atoms with van der Waals surface area (Å²) >= 11 is 5.86. The summed E-state index contributed by atoms with van der Waals surface area (Å²) in [7, 11) is 0. The van der Waals surface area contributed by atoms with Crippen molar-refractivity contribution in [1.29, 1.82) is 0 Å². The van der Waals surface area contributed by atoms with Crippen molar-refractivity contribution in [3.63, 3.8) is 0 Å². The van der Waals surface area contributed by atoms with Crippen molar-refractivity contribution in [3.8, 4) is 0 Å². The average molecular weight is 294 g/mol. The molecular formula is C14H13ClFN3O. The highest BCUT2D eigenvalue weighted by molar-refractivity contribution is 6.32. The largest absolute Gasteiger partial charge is 0.347 e. The van der Waals surface area contributed by atoms with Crippen LogP contribution in [0.15, 0.2) is 36.7 Å². The average Bonchev–Trinajstić information content (AvgIpc) is 2.92. The van der Waals surface area contributed by atoms with Crippen LogP contribution in [0, 0.1) is 5.82 Å². The van der Waals surface area contributed by atoms with E-state index in [-0.39, 0.29) is 22.5 Å². The number of amides is 1. The summed E-state index contributed by atoms with van der Waals surface area (Å²) in [4.78, 5) is 18.7. The van der Waals surface area contributed by atoms with Gasteiger partial charge in [-0.15, -0.1) is 0 Å². The van der Waals surface area contributed by atoms with Crippen molar-refractivity contribution in [2.24, 2.45) is 0 Å². The van der Waals surface area contributed by atoms with Crippen LogP contribution in [-0.2, 0) is 4.79 Å². The van der Waals surface area contributed by atoms with Gasteiger partial charge in [0, 0.05) is 24.0 Å². The predicted octanol–water partition coefficient (Wildman–Crippen LogP) is 3.09. The van der Waals surface area contributed by atoms with Crippen molar-refractivity contribution < 1.29 is 9.18 Å². The summed E-state index contributed by atoms with van der Waals surface area (Å²) in [5.74, 6) is -0.176. The van der Waals surface area contributed by atoms with Gasteiger partial charge in [-0.1, -0.05) is 17.7 Å². The molecule has 1 aromatic carbocycles. The number of rotatable bonds is 4. The molecule has 1 heterocycles. The van der Waals surface area contributed by atoms with E-state index in [4.69, 9.17) is 11.6 Å². The van der Waals surface area contributed by atoms with Gasteiger partial charge in [0.15, 0.2) is 0 Å². The second kappa shape index (κ2) is 6.34. The Balaban J connectivity index is 2.03. The molecule has 1 atom stereocenters. The van der Waals surface area contributed by atoms with Crippen LogP contribution < -0.4 is 5.32 Å². The molecule has 0 saturated heterocycles. The van der Waals surface area contributed by atoms with Crippen molar-refractivity contribution in [3.05, 3.63) is 58.9 Å². The van der Waals surface area contributed by atoms with Crippen LogP contribution in [0.5, 0.6) is 0 Å². The van der Waals surface area contributed by atoms with E-state index < -0.39 is 5.82 Å². The molecule has 0 aliphatic rings. The van der Waals surface area contributed by atoms with Crippen molar-refractivity contribution >= 4 is 23.6 Å². The Bertz CT molecular complexity index is 605. The van der Waals surface area contributed by atoms with E-state index in [9.17, 15) is 9.18 Å². The number of imidazole rings is 1. The third-order valence-electron chi connectivity index (χ3n) is 2.69. The summed E-state index contributed by atoms with van der Waals surface area (Å²) in [6.45, 7) is 1.79. The highest BCUT2D eigenvalue weighted by atomic mass is 35.5. The highest BCUT2D eigenvalue weighted by Crippen LogP contribution is 2.20. The van der Waals surface area contributed by atoms with E-state index in [2.05, 4.69) is 15.3 Å². The predicted molar refractivity (Wildman–Crippen MR) is 75.6 cm³/mol. The number of aromatic nitrogens is 2. The minimum atomic E-state index is -0.472. The van der Waals surface area contributed by atoms with E-state index in [0.717, 1.165) is 0 Å². The third kappa shape index (κ3) is 3.45. The number of nitrogens with zero attached hydrogens (tertiary/aromatic N) is 1. The van der Waals surface area contributed by atoms with Gasteiger partial charge in [0.25, 0.3) is 0 Å². The topological polar surface area (TPSA) is 57.8 Å². The molecule has 4 nitrogen and oxygen atoms in total. The fourth-order valence-corrected chi connectivity index (χ4v) is 1.90.